The Balaban J connectivity index is 2.11. The van der Waals surface area contributed by atoms with Crippen molar-refractivity contribution in [2.24, 2.45) is 0 Å². The van der Waals surface area contributed by atoms with E-state index in [1.54, 1.807) is 24.3 Å². The van der Waals surface area contributed by atoms with Gasteiger partial charge in [-0.05, 0) is 44.9 Å². The zero-order valence-corrected chi connectivity index (χ0v) is 11.6. The molecule has 5 nitrogen and oxygen atoms in total. The SMILES string of the molecule is CC(C)OCCCCNC(=O)Nc1cccc(N)c1. The van der Waals surface area contributed by atoms with Gasteiger partial charge in [-0.2, -0.15) is 0 Å². The minimum absolute atomic E-state index is 0.213. The Morgan fingerprint density at radius 2 is 2.16 bits per heavy atom. The summed E-state index contributed by atoms with van der Waals surface area (Å²) >= 11 is 0. The summed E-state index contributed by atoms with van der Waals surface area (Å²) in [6, 6.07) is 6.88. The van der Waals surface area contributed by atoms with Crippen LogP contribution in [0.5, 0.6) is 0 Å². The van der Waals surface area contributed by atoms with Crippen molar-refractivity contribution in [3.8, 4) is 0 Å². The second-order valence-corrected chi connectivity index (χ2v) is 4.63. The summed E-state index contributed by atoms with van der Waals surface area (Å²) in [7, 11) is 0. The Bertz CT molecular complexity index is 394. The summed E-state index contributed by atoms with van der Waals surface area (Å²) in [4.78, 5) is 11.6. The van der Waals surface area contributed by atoms with Crippen LogP contribution in [0.4, 0.5) is 16.2 Å². The van der Waals surface area contributed by atoms with Crippen molar-refractivity contribution in [2.45, 2.75) is 32.8 Å². The quantitative estimate of drug-likeness (QED) is 0.524. The number of carbonyl (C=O) groups excluding carboxylic acids is 1. The lowest BCUT2D eigenvalue weighted by Gasteiger charge is -2.09. The van der Waals surface area contributed by atoms with E-state index in [2.05, 4.69) is 10.6 Å². The monoisotopic (exact) mass is 265 g/mol. The summed E-state index contributed by atoms with van der Waals surface area (Å²) < 4.78 is 5.42. The van der Waals surface area contributed by atoms with Gasteiger partial charge in [0, 0.05) is 24.5 Å². The molecule has 1 rings (SSSR count). The third-order valence-corrected chi connectivity index (χ3v) is 2.45. The van der Waals surface area contributed by atoms with E-state index in [-0.39, 0.29) is 12.1 Å². The number of hydrogen-bond donors (Lipinski definition) is 3. The van der Waals surface area contributed by atoms with E-state index in [0.717, 1.165) is 19.4 Å². The van der Waals surface area contributed by atoms with Crippen LogP contribution in [0.2, 0.25) is 0 Å². The van der Waals surface area contributed by atoms with Gasteiger partial charge in [-0.1, -0.05) is 6.07 Å². The van der Waals surface area contributed by atoms with Gasteiger partial charge in [0.2, 0.25) is 0 Å². The maximum Gasteiger partial charge on any atom is 0.319 e. The van der Waals surface area contributed by atoms with Crippen molar-refractivity contribution >= 4 is 17.4 Å². The molecule has 0 radical (unpaired) electrons. The van der Waals surface area contributed by atoms with E-state index >= 15 is 0 Å². The van der Waals surface area contributed by atoms with Crippen LogP contribution in [0.1, 0.15) is 26.7 Å². The van der Waals surface area contributed by atoms with Gasteiger partial charge in [-0.25, -0.2) is 4.79 Å². The van der Waals surface area contributed by atoms with Crippen LogP contribution in [0.15, 0.2) is 24.3 Å². The molecular weight excluding hydrogens is 242 g/mol. The van der Waals surface area contributed by atoms with Crippen molar-refractivity contribution in [1.29, 1.82) is 0 Å². The Morgan fingerprint density at radius 3 is 2.84 bits per heavy atom. The van der Waals surface area contributed by atoms with E-state index < -0.39 is 0 Å². The molecule has 0 saturated heterocycles. The fraction of sp³-hybridized carbons (Fsp3) is 0.500. The summed E-state index contributed by atoms with van der Waals surface area (Å²) in [5, 5.41) is 5.52. The largest absolute Gasteiger partial charge is 0.399 e. The number of anilines is 2. The molecule has 0 atom stereocenters. The van der Waals surface area contributed by atoms with Gasteiger partial charge in [-0.3, -0.25) is 0 Å². The lowest BCUT2D eigenvalue weighted by atomic mass is 10.3. The normalized spacial score (nSPS) is 10.5. The van der Waals surface area contributed by atoms with Gasteiger partial charge in [-0.15, -0.1) is 0 Å². The van der Waals surface area contributed by atoms with Crippen LogP contribution in [0.25, 0.3) is 0 Å². The third-order valence-electron chi connectivity index (χ3n) is 2.45. The van der Waals surface area contributed by atoms with Crippen LogP contribution >= 0.6 is 0 Å². The number of ether oxygens (including phenoxy) is 1. The molecule has 0 aliphatic carbocycles. The minimum atomic E-state index is -0.213. The first-order chi connectivity index (χ1) is 9.08. The van der Waals surface area contributed by atoms with E-state index in [0.29, 0.717) is 17.9 Å². The van der Waals surface area contributed by atoms with Crippen molar-refractivity contribution in [3.63, 3.8) is 0 Å². The first kappa shape index (κ1) is 15.3. The van der Waals surface area contributed by atoms with Gasteiger partial charge in [0.1, 0.15) is 0 Å². The van der Waals surface area contributed by atoms with Gasteiger partial charge in [0.05, 0.1) is 6.10 Å². The Labute approximate surface area is 114 Å². The molecule has 5 heteroatoms. The number of nitrogens with one attached hydrogen (secondary N) is 2. The summed E-state index contributed by atoms with van der Waals surface area (Å²) in [5.41, 5.74) is 6.95. The highest BCUT2D eigenvalue weighted by Crippen LogP contribution is 2.11. The van der Waals surface area contributed by atoms with Gasteiger partial charge < -0.3 is 21.1 Å². The van der Waals surface area contributed by atoms with Gasteiger partial charge >= 0.3 is 6.03 Å². The number of nitrogens with two attached hydrogens (primary N) is 1. The molecule has 0 aliphatic rings. The second kappa shape index (κ2) is 8.37. The molecule has 0 unspecified atom stereocenters. The highest BCUT2D eigenvalue weighted by Gasteiger charge is 2.01. The lowest BCUT2D eigenvalue weighted by molar-refractivity contribution is 0.0761. The zero-order chi connectivity index (χ0) is 14.1. The molecule has 0 heterocycles. The average molecular weight is 265 g/mol. The third kappa shape index (κ3) is 7.31. The van der Waals surface area contributed by atoms with Crippen molar-refractivity contribution in [2.75, 3.05) is 24.2 Å². The number of urea groups is 1. The molecule has 0 saturated carbocycles. The van der Waals surface area contributed by atoms with E-state index in [4.69, 9.17) is 10.5 Å². The molecule has 1 aromatic carbocycles. The fourth-order valence-corrected chi connectivity index (χ4v) is 1.54. The molecular formula is C14H23N3O2. The molecule has 106 valence electrons. The molecule has 0 bridgehead atoms. The van der Waals surface area contributed by atoms with Crippen molar-refractivity contribution < 1.29 is 9.53 Å². The first-order valence-corrected chi connectivity index (χ1v) is 6.60. The van der Waals surface area contributed by atoms with Crippen molar-refractivity contribution in [1.82, 2.24) is 5.32 Å². The molecule has 0 aliphatic heterocycles. The molecule has 2 amide bonds. The number of carbonyl (C=O) groups is 1. The topological polar surface area (TPSA) is 76.4 Å². The Morgan fingerprint density at radius 1 is 1.37 bits per heavy atom. The van der Waals surface area contributed by atoms with Crippen LogP contribution in [0.3, 0.4) is 0 Å². The van der Waals surface area contributed by atoms with Gasteiger partial charge in [0.25, 0.3) is 0 Å². The van der Waals surface area contributed by atoms with E-state index in [1.807, 2.05) is 13.8 Å². The summed E-state index contributed by atoms with van der Waals surface area (Å²) in [6.45, 7) is 5.39. The number of unbranched alkanes of at least 4 members (excludes halogenated alkanes) is 1. The fourth-order valence-electron chi connectivity index (χ4n) is 1.54. The predicted molar refractivity (Wildman–Crippen MR) is 78.2 cm³/mol. The molecule has 19 heavy (non-hydrogen) atoms. The van der Waals surface area contributed by atoms with Gasteiger partial charge in [0.15, 0.2) is 0 Å². The summed E-state index contributed by atoms with van der Waals surface area (Å²) in [6.07, 6.45) is 2.10. The zero-order valence-electron chi connectivity index (χ0n) is 11.6. The van der Waals surface area contributed by atoms with Crippen molar-refractivity contribution in [3.05, 3.63) is 24.3 Å². The Hall–Kier alpha value is -1.75. The number of rotatable bonds is 7. The lowest BCUT2D eigenvalue weighted by Crippen LogP contribution is -2.29. The second-order valence-electron chi connectivity index (χ2n) is 4.63. The number of nitrogen functional groups attached to an aromatic ring is 1. The van der Waals surface area contributed by atoms with Crippen LogP contribution in [0, 0.1) is 0 Å². The first-order valence-electron chi connectivity index (χ1n) is 6.60. The highest BCUT2D eigenvalue weighted by molar-refractivity contribution is 5.89. The maximum atomic E-state index is 11.6. The van der Waals surface area contributed by atoms with Crippen LogP contribution < -0.4 is 16.4 Å². The molecule has 4 N–H and O–H groups in total. The maximum absolute atomic E-state index is 11.6. The number of benzene rings is 1. The molecule has 0 aromatic heterocycles. The van der Waals surface area contributed by atoms with Crippen LogP contribution in [-0.2, 0) is 4.74 Å². The number of amides is 2. The standard InChI is InChI=1S/C14H23N3O2/c1-11(2)19-9-4-3-8-16-14(18)17-13-7-5-6-12(15)10-13/h5-7,10-11H,3-4,8-9,15H2,1-2H3,(H2,16,17,18). The molecule has 1 aromatic rings. The van der Waals surface area contributed by atoms with Crippen LogP contribution in [-0.4, -0.2) is 25.3 Å². The van der Waals surface area contributed by atoms with E-state index in [9.17, 15) is 4.79 Å². The molecule has 0 fully saturated rings. The minimum Gasteiger partial charge on any atom is -0.399 e. The average Bonchev–Trinajstić information content (AvgIpc) is 2.33. The molecule has 0 spiro atoms. The summed E-state index contributed by atoms with van der Waals surface area (Å²) in [5.74, 6) is 0. The Kier molecular flexibility index (Phi) is 6.74. The predicted octanol–water partition coefficient (Wildman–Crippen LogP) is 2.60. The smallest absolute Gasteiger partial charge is 0.319 e. The van der Waals surface area contributed by atoms with E-state index in [1.165, 1.54) is 0 Å². The number of hydrogen-bond acceptors (Lipinski definition) is 3. The highest BCUT2D eigenvalue weighted by atomic mass is 16.5.